The molecule has 1 fully saturated rings. The molecule has 0 aliphatic carbocycles. The maximum atomic E-state index is 13.0. The molecule has 3 aromatic rings. The second-order valence-electron chi connectivity index (χ2n) is 8.18. The number of aromatic nitrogens is 5. The Morgan fingerprint density at radius 3 is 2.84 bits per heavy atom. The van der Waals surface area contributed by atoms with Crippen LogP contribution in [-0.2, 0) is 16.1 Å². The number of hydrogen-bond acceptors (Lipinski definition) is 8. The van der Waals surface area contributed by atoms with Gasteiger partial charge in [-0.25, -0.2) is 15.0 Å². The van der Waals surface area contributed by atoms with Gasteiger partial charge in [-0.3, -0.25) is 9.78 Å². The van der Waals surface area contributed by atoms with E-state index < -0.39 is 0 Å². The third-order valence-electron chi connectivity index (χ3n) is 6.08. The summed E-state index contributed by atoms with van der Waals surface area (Å²) in [6, 6.07) is 3.59. The van der Waals surface area contributed by atoms with Gasteiger partial charge in [-0.1, -0.05) is 0 Å². The van der Waals surface area contributed by atoms with Gasteiger partial charge in [0.1, 0.15) is 11.5 Å². The highest BCUT2D eigenvalue weighted by Crippen LogP contribution is 2.27. The summed E-state index contributed by atoms with van der Waals surface area (Å²) in [4.78, 5) is 33.2. The number of imidazole rings is 1. The number of nitrogens with one attached hydrogen (secondary N) is 2. The summed E-state index contributed by atoms with van der Waals surface area (Å²) >= 11 is 0. The van der Waals surface area contributed by atoms with Gasteiger partial charge in [0.2, 0.25) is 11.9 Å². The summed E-state index contributed by atoms with van der Waals surface area (Å²) in [6.07, 6.45) is 3.96. The molecule has 0 saturated carbocycles. The molecule has 10 nitrogen and oxygen atoms in total. The van der Waals surface area contributed by atoms with Crippen molar-refractivity contribution >= 4 is 22.9 Å². The van der Waals surface area contributed by atoms with E-state index in [-0.39, 0.29) is 24.1 Å². The Morgan fingerprint density at radius 1 is 1.16 bits per heavy atom. The van der Waals surface area contributed by atoms with Crippen molar-refractivity contribution in [3.8, 4) is 11.4 Å². The SMILES string of the molecule is CO[C@H]1CN(C)C(=O)[C@@H]2CC(CN2)Nc2nccc(n2)-c2nccc3nc(C)n(c23)C1. The van der Waals surface area contributed by atoms with Gasteiger partial charge in [-0.2, -0.15) is 0 Å². The quantitative estimate of drug-likeness (QED) is 0.593. The predicted molar refractivity (Wildman–Crippen MR) is 116 cm³/mol. The molecule has 10 heteroatoms. The van der Waals surface area contributed by atoms with Crippen molar-refractivity contribution in [2.45, 2.75) is 38.1 Å². The molecule has 4 bridgehead atoms. The number of amides is 1. The van der Waals surface area contributed by atoms with Crippen LogP contribution in [0, 0.1) is 6.92 Å². The minimum absolute atomic E-state index is 0.0606. The Hall–Kier alpha value is -3.11. The van der Waals surface area contributed by atoms with Crippen LogP contribution in [0.15, 0.2) is 24.5 Å². The second-order valence-corrected chi connectivity index (χ2v) is 8.18. The first-order chi connectivity index (χ1) is 15.0. The molecular formula is C21H26N8O2. The molecule has 5 rings (SSSR count). The van der Waals surface area contributed by atoms with E-state index in [1.165, 1.54) is 0 Å². The van der Waals surface area contributed by atoms with Gasteiger partial charge in [0.05, 0.1) is 35.4 Å². The number of rotatable bonds is 1. The van der Waals surface area contributed by atoms with E-state index in [1.54, 1.807) is 24.4 Å². The smallest absolute Gasteiger partial charge is 0.239 e. The molecule has 2 aliphatic rings. The first-order valence-corrected chi connectivity index (χ1v) is 10.5. The number of likely N-dealkylation sites (N-methyl/N-ethyl adjacent to an activating group) is 1. The number of aryl methyl sites for hydroxylation is 1. The topological polar surface area (TPSA) is 110 Å². The van der Waals surface area contributed by atoms with Crippen LogP contribution < -0.4 is 10.6 Å². The van der Waals surface area contributed by atoms with Gasteiger partial charge in [0.25, 0.3) is 0 Å². The van der Waals surface area contributed by atoms with E-state index in [1.807, 2.05) is 26.1 Å². The highest BCUT2D eigenvalue weighted by atomic mass is 16.5. The number of carbonyl (C=O) groups excluding carboxylic acids is 1. The molecule has 162 valence electrons. The third kappa shape index (κ3) is 3.61. The zero-order valence-electron chi connectivity index (χ0n) is 17.9. The van der Waals surface area contributed by atoms with Gasteiger partial charge in [0, 0.05) is 45.7 Å². The van der Waals surface area contributed by atoms with Crippen molar-refractivity contribution < 1.29 is 9.53 Å². The molecule has 3 atom stereocenters. The molecule has 1 unspecified atom stereocenters. The van der Waals surface area contributed by atoms with E-state index in [0.29, 0.717) is 32.0 Å². The van der Waals surface area contributed by atoms with Gasteiger partial charge in [-0.05, 0) is 25.5 Å². The minimum Gasteiger partial charge on any atom is -0.378 e. The summed E-state index contributed by atoms with van der Waals surface area (Å²) in [7, 11) is 3.50. The second kappa shape index (κ2) is 7.86. The van der Waals surface area contributed by atoms with Crippen molar-refractivity contribution in [3.05, 3.63) is 30.4 Å². The third-order valence-corrected chi connectivity index (χ3v) is 6.08. The number of nitrogens with zero attached hydrogens (tertiary/aromatic N) is 6. The normalized spacial score (nSPS) is 24.0. The minimum atomic E-state index is -0.242. The van der Waals surface area contributed by atoms with Crippen molar-refractivity contribution in [1.29, 1.82) is 0 Å². The van der Waals surface area contributed by atoms with Gasteiger partial charge in [-0.15, -0.1) is 0 Å². The van der Waals surface area contributed by atoms with Gasteiger partial charge >= 0.3 is 0 Å². The van der Waals surface area contributed by atoms with Crippen LogP contribution in [0.1, 0.15) is 12.2 Å². The first-order valence-electron chi connectivity index (χ1n) is 10.5. The summed E-state index contributed by atoms with van der Waals surface area (Å²) in [5.41, 5.74) is 3.23. The predicted octanol–water partition coefficient (Wildman–Crippen LogP) is 0.826. The van der Waals surface area contributed by atoms with Crippen molar-refractivity contribution in [1.82, 2.24) is 34.7 Å². The standard InChI is InChI=1S/C21H26N8O2/c1-12-25-16-5-6-22-18-15-4-7-23-21(27-15)26-13-8-17(24-9-13)20(30)28(2)10-14(31-3)11-29(12)19(16)18/h4-7,13-14,17,24H,8-11H2,1-3H3,(H,23,26,27)/t13?,14-,17-/m0/s1. The zero-order valence-corrected chi connectivity index (χ0v) is 17.9. The van der Waals surface area contributed by atoms with Crippen LogP contribution in [0.4, 0.5) is 5.95 Å². The summed E-state index contributed by atoms with van der Waals surface area (Å²) in [5.74, 6) is 1.44. The largest absolute Gasteiger partial charge is 0.378 e. The Labute approximate surface area is 180 Å². The van der Waals surface area contributed by atoms with E-state index >= 15 is 0 Å². The maximum Gasteiger partial charge on any atom is 0.239 e. The lowest BCUT2D eigenvalue weighted by atomic mass is 10.1. The van der Waals surface area contributed by atoms with E-state index in [4.69, 9.17) is 14.7 Å². The Bertz CT molecular complexity index is 1130. The maximum absolute atomic E-state index is 13.0. The highest BCUT2D eigenvalue weighted by Gasteiger charge is 2.33. The van der Waals surface area contributed by atoms with Crippen molar-refractivity contribution in [2.24, 2.45) is 0 Å². The van der Waals surface area contributed by atoms with Crippen molar-refractivity contribution in [2.75, 3.05) is 32.6 Å². The summed E-state index contributed by atoms with van der Waals surface area (Å²) in [6.45, 7) is 3.67. The van der Waals surface area contributed by atoms with Crippen LogP contribution in [0.25, 0.3) is 22.4 Å². The number of pyridine rings is 1. The van der Waals surface area contributed by atoms with Crippen LogP contribution in [0.2, 0.25) is 0 Å². The fraction of sp³-hybridized carbons (Fsp3) is 0.476. The fourth-order valence-corrected chi connectivity index (χ4v) is 4.46. The Balaban J connectivity index is 1.66. The zero-order chi connectivity index (χ0) is 21.5. The summed E-state index contributed by atoms with van der Waals surface area (Å²) in [5, 5.41) is 6.68. The Kier molecular flexibility index (Phi) is 5.03. The first kappa shape index (κ1) is 19.8. The van der Waals surface area contributed by atoms with Crippen molar-refractivity contribution in [3.63, 3.8) is 0 Å². The molecule has 3 aromatic heterocycles. The lowest BCUT2D eigenvalue weighted by Gasteiger charge is -2.26. The molecule has 2 N–H and O–H groups in total. The molecule has 31 heavy (non-hydrogen) atoms. The lowest BCUT2D eigenvalue weighted by Crippen LogP contribution is -2.45. The van der Waals surface area contributed by atoms with E-state index in [2.05, 4.69) is 25.2 Å². The molecule has 1 amide bonds. The number of carbonyl (C=O) groups is 1. The fourth-order valence-electron chi connectivity index (χ4n) is 4.46. The van der Waals surface area contributed by atoms with E-state index in [0.717, 1.165) is 28.2 Å². The number of anilines is 1. The molecule has 5 heterocycles. The average Bonchev–Trinajstić information content (AvgIpc) is 3.36. The van der Waals surface area contributed by atoms with Gasteiger partial charge < -0.3 is 24.8 Å². The number of fused-ring (bicyclic) bond motifs is 5. The molecule has 2 aliphatic heterocycles. The molecule has 0 spiro atoms. The number of ether oxygens (including phenoxy) is 1. The van der Waals surface area contributed by atoms with Crippen LogP contribution in [0.3, 0.4) is 0 Å². The molecular weight excluding hydrogens is 396 g/mol. The molecule has 0 aromatic carbocycles. The van der Waals surface area contributed by atoms with Crippen LogP contribution in [0.5, 0.6) is 0 Å². The summed E-state index contributed by atoms with van der Waals surface area (Å²) < 4.78 is 7.87. The van der Waals surface area contributed by atoms with Crippen LogP contribution in [-0.4, -0.2) is 80.7 Å². The number of hydrogen-bond donors (Lipinski definition) is 2. The monoisotopic (exact) mass is 422 g/mol. The van der Waals surface area contributed by atoms with Crippen LogP contribution >= 0.6 is 0 Å². The molecule has 1 saturated heterocycles. The molecule has 0 radical (unpaired) electrons. The van der Waals surface area contributed by atoms with Gasteiger partial charge in [0.15, 0.2) is 0 Å². The van der Waals surface area contributed by atoms with E-state index in [9.17, 15) is 4.79 Å². The highest BCUT2D eigenvalue weighted by molar-refractivity contribution is 5.89. The lowest BCUT2D eigenvalue weighted by molar-refractivity contribution is -0.133. The average molecular weight is 422 g/mol. The number of methoxy groups -OCH3 is 1. The Morgan fingerprint density at radius 2 is 2.00 bits per heavy atom.